The maximum absolute atomic E-state index is 12.3. The lowest BCUT2D eigenvalue weighted by atomic mass is 10.0. The maximum atomic E-state index is 12.3. The van der Waals surface area contributed by atoms with Gasteiger partial charge in [0.05, 0.1) is 12.7 Å². The van der Waals surface area contributed by atoms with Crippen LogP contribution in [0.4, 0.5) is 16.2 Å². The minimum Gasteiger partial charge on any atom is -0.374 e. The summed E-state index contributed by atoms with van der Waals surface area (Å²) >= 11 is 0. The van der Waals surface area contributed by atoms with Gasteiger partial charge in [-0.15, -0.1) is 0 Å². The molecule has 0 spiro atoms. The number of anilines is 2. The van der Waals surface area contributed by atoms with E-state index in [1.54, 1.807) is 0 Å². The molecule has 0 aromatic heterocycles. The molecule has 3 rings (SSSR count). The third-order valence-corrected chi connectivity index (χ3v) is 4.72. The second-order valence-corrected chi connectivity index (χ2v) is 7.26. The summed E-state index contributed by atoms with van der Waals surface area (Å²) < 4.78 is 5.62. The maximum Gasteiger partial charge on any atom is 0.319 e. The van der Waals surface area contributed by atoms with E-state index in [1.807, 2.05) is 44.2 Å². The number of hydrogen-bond donors (Lipinski definition) is 2. The van der Waals surface area contributed by atoms with Crippen LogP contribution in [0.2, 0.25) is 0 Å². The van der Waals surface area contributed by atoms with Crippen molar-refractivity contribution in [2.45, 2.75) is 45.4 Å². The zero-order valence-electron chi connectivity index (χ0n) is 16.2. The van der Waals surface area contributed by atoms with Crippen molar-refractivity contribution in [3.05, 3.63) is 60.2 Å². The fraction of sp³-hybridized carbons (Fsp3) is 0.409. The number of carbonyl (C=O) groups is 1. The first-order valence-corrected chi connectivity index (χ1v) is 9.68. The van der Waals surface area contributed by atoms with E-state index in [-0.39, 0.29) is 18.2 Å². The zero-order chi connectivity index (χ0) is 19.1. The number of nitrogens with zero attached hydrogens (tertiary/aromatic N) is 1. The van der Waals surface area contributed by atoms with Crippen molar-refractivity contribution >= 4 is 17.4 Å². The summed E-state index contributed by atoms with van der Waals surface area (Å²) in [7, 11) is 0. The van der Waals surface area contributed by atoms with E-state index in [0.29, 0.717) is 6.61 Å². The van der Waals surface area contributed by atoms with Gasteiger partial charge in [-0.05, 0) is 56.5 Å². The van der Waals surface area contributed by atoms with Gasteiger partial charge < -0.3 is 20.3 Å². The van der Waals surface area contributed by atoms with Gasteiger partial charge in [0.2, 0.25) is 0 Å². The van der Waals surface area contributed by atoms with E-state index in [4.69, 9.17) is 4.74 Å². The molecule has 0 saturated carbocycles. The van der Waals surface area contributed by atoms with Crippen LogP contribution in [0.5, 0.6) is 0 Å². The van der Waals surface area contributed by atoms with Gasteiger partial charge in [-0.2, -0.15) is 0 Å². The van der Waals surface area contributed by atoms with Gasteiger partial charge in [-0.1, -0.05) is 30.3 Å². The Bertz CT molecular complexity index is 725. The molecule has 5 heteroatoms. The van der Waals surface area contributed by atoms with Crippen LogP contribution in [-0.2, 0) is 11.3 Å². The second-order valence-electron chi connectivity index (χ2n) is 7.26. The van der Waals surface area contributed by atoms with Crippen LogP contribution >= 0.6 is 0 Å². The SMILES string of the molecule is CC(C)OCc1cccc(NC(=O)NC2CCN(c3ccccc3)CC2)c1. The zero-order valence-corrected chi connectivity index (χ0v) is 16.2. The highest BCUT2D eigenvalue weighted by Crippen LogP contribution is 2.19. The number of urea groups is 1. The number of para-hydroxylation sites is 1. The number of hydrogen-bond acceptors (Lipinski definition) is 3. The molecule has 1 fully saturated rings. The van der Waals surface area contributed by atoms with E-state index in [1.165, 1.54) is 5.69 Å². The monoisotopic (exact) mass is 367 g/mol. The van der Waals surface area contributed by atoms with Crippen molar-refractivity contribution in [3.8, 4) is 0 Å². The minimum atomic E-state index is -0.143. The lowest BCUT2D eigenvalue weighted by molar-refractivity contribution is 0.0657. The molecule has 2 amide bonds. The largest absolute Gasteiger partial charge is 0.374 e. The first kappa shape index (κ1) is 19.2. The molecular weight excluding hydrogens is 338 g/mol. The first-order valence-electron chi connectivity index (χ1n) is 9.68. The van der Waals surface area contributed by atoms with Gasteiger partial charge in [0, 0.05) is 30.5 Å². The number of carbonyl (C=O) groups excluding carboxylic acids is 1. The van der Waals surface area contributed by atoms with Gasteiger partial charge in [-0.3, -0.25) is 0 Å². The Morgan fingerprint density at radius 2 is 1.85 bits per heavy atom. The normalized spacial score (nSPS) is 15.0. The molecule has 0 unspecified atom stereocenters. The summed E-state index contributed by atoms with van der Waals surface area (Å²) in [6.45, 7) is 6.48. The summed E-state index contributed by atoms with van der Waals surface area (Å²) in [5.74, 6) is 0. The van der Waals surface area contributed by atoms with Gasteiger partial charge in [0.15, 0.2) is 0 Å². The van der Waals surface area contributed by atoms with Crippen molar-refractivity contribution in [2.75, 3.05) is 23.3 Å². The predicted octanol–water partition coefficient (Wildman–Crippen LogP) is 4.40. The lowest BCUT2D eigenvalue weighted by Crippen LogP contribution is -2.46. The van der Waals surface area contributed by atoms with Crippen LogP contribution in [0.25, 0.3) is 0 Å². The van der Waals surface area contributed by atoms with Crippen molar-refractivity contribution in [3.63, 3.8) is 0 Å². The summed E-state index contributed by atoms with van der Waals surface area (Å²) in [5, 5.41) is 6.04. The smallest absolute Gasteiger partial charge is 0.319 e. The van der Waals surface area contributed by atoms with Gasteiger partial charge >= 0.3 is 6.03 Å². The number of amides is 2. The fourth-order valence-corrected chi connectivity index (χ4v) is 3.28. The number of benzene rings is 2. The molecule has 0 radical (unpaired) electrons. The summed E-state index contributed by atoms with van der Waals surface area (Å²) in [6, 6.07) is 18.3. The number of nitrogens with one attached hydrogen (secondary N) is 2. The Morgan fingerprint density at radius 3 is 2.56 bits per heavy atom. The van der Waals surface area contributed by atoms with Crippen molar-refractivity contribution in [1.82, 2.24) is 5.32 Å². The number of piperidine rings is 1. The highest BCUT2D eigenvalue weighted by atomic mass is 16.5. The second kappa shape index (κ2) is 9.42. The molecule has 27 heavy (non-hydrogen) atoms. The molecular formula is C22H29N3O2. The van der Waals surface area contributed by atoms with Gasteiger partial charge in [0.1, 0.15) is 0 Å². The molecule has 0 atom stereocenters. The number of ether oxygens (including phenoxy) is 1. The molecule has 2 N–H and O–H groups in total. The van der Waals surface area contributed by atoms with Crippen LogP contribution in [0.3, 0.4) is 0 Å². The third kappa shape index (κ3) is 6.00. The van der Waals surface area contributed by atoms with Crippen LogP contribution < -0.4 is 15.5 Å². The Morgan fingerprint density at radius 1 is 1.11 bits per heavy atom. The molecule has 0 aliphatic carbocycles. The van der Waals surface area contributed by atoms with Gasteiger partial charge in [-0.25, -0.2) is 4.79 Å². The van der Waals surface area contributed by atoms with Crippen LogP contribution in [0.1, 0.15) is 32.3 Å². The average Bonchev–Trinajstić information content (AvgIpc) is 2.68. The highest BCUT2D eigenvalue weighted by Gasteiger charge is 2.20. The van der Waals surface area contributed by atoms with E-state index < -0.39 is 0 Å². The van der Waals surface area contributed by atoms with E-state index in [0.717, 1.165) is 37.2 Å². The third-order valence-electron chi connectivity index (χ3n) is 4.72. The van der Waals surface area contributed by atoms with E-state index in [2.05, 4.69) is 39.8 Å². The molecule has 1 saturated heterocycles. The Hall–Kier alpha value is -2.53. The van der Waals surface area contributed by atoms with Crippen molar-refractivity contribution in [1.29, 1.82) is 0 Å². The Labute approximate surface area is 161 Å². The summed E-state index contributed by atoms with van der Waals surface area (Å²) in [6.07, 6.45) is 2.08. The standard InChI is InChI=1S/C22H29N3O2/c1-17(2)27-16-18-7-6-8-20(15-18)24-22(26)23-19-11-13-25(14-12-19)21-9-4-3-5-10-21/h3-10,15,17,19H,11-14,16H2,1-2H3,(H2,23,24,26). The highest BCUT2D eigenvalue weighted by molar-refractivity contribution is 5.89. The molecule has 1 aliphatic heterocycles. The number of rotatable bonds is 6. The molecule has 5 nitrogen and oxygen atoms in total. The van der Waals surface area contributed by atoms with E-state index in [9.17, 15) is 4.79 Å². The van der Waals surface area contributed by atoms with Crippen LogP contribution in [0.15, 0.2) is 54.6 Å². The van der Waals surface area contributed by atoms with Crippen LogP contribution in [-0.4, -0.2) is 31.3 Å². The molecule has 2 aromatic carbocycles. The van der Waals surface area contributed by atoms with Crippen molar-refractivity contribution < 1.29 is 9.53 Å². The summed E-state index contributed by atoms with van der Waals surface area (Å²) in [5.41, 5.74) is 3.09. The lowest BCUT2D eigenvalue weighted by Gasteiger charge is -2.34. The average molecular weight is 367 g/mol. The van der Waals surface area contributed by atoms with Gasteiger partial charge in [0.25, 0.3) is 0 Å². The molecule has 1 aliphatic rings. The Balaban J connectivity index is 1.45. The van der Waals surface area contributed by atoms with Crippen LogP contribution in [0, 0.1) is 0 Å². The molecule has 144 valence electrons. The fourth-order valence-electron chi connectivity index (χ4n) is 3.28. The molecule has 1 heterocycles. The Kier molecular flexibility index (Phi) is 6.71. The quantitative estimate of drug-likeness (QED) is 0.795. The predicted molar refractivity (Wildman–Crippen MR) is 110 cm³/mol. The minimum absolute atomic E-state index is 0.143. The first-order chi connectivity index (χ1) is 13.1. The topological polar surface area (TPSA) is 53.6 Å². The summed E-state index contributed by atoms with van der Waals surface area (Å²) in [4.78, 5) is 14.7. The molecule has 0 bridgehead atoms. The molecule has 2 aromatic rings. The van der Waals surface area contributed by atoms with E-state index >= 15 is 0 Å². The van der Waals surface area contributed by atoms with Crippen molar-refractivity contribution in [2.24, 2.45) is 0 Å².